The maximum atomic E-state index is 13.4. The minimum atomic E-state index is -4.57. The van der Waals surface area contributed by atoms with Crippen molar-refractivity contribution in [1.29, 1.82) is 0 Å². The topological polar surface area (TPSA) is 35.5 Å². The van der Waals surface area contributed by atoms with E-state index in [1.165, 1.54) is 11.8 Å². The van der Waals surface area contributed by atoms with Crippen LogP contribution >= 0.6 is 0 Å². The second-order valence-corrected chi connectivity index (χ2v) is 4.89. The molecule has 0 radical (unpaired) electrons. The first-order chi connectivity index (χ1) is 9.30. The summed E-state index contributed by atoms with van der Waals surface area (Å²) in [6.07, 6.45) is -4.57. The van der Waals surface area contributed by atoms with E-state index >= 15 is 0 Å². The molecule has 3 nitrogen and oxygen atoms in total. The van der Waals surface area contributed by atoms with Crippen molar-refractivity contribution in [2.75, 3.05) is 26.2 Å². The van der Waals surface area contributed by atoms with Gasteiger partial charge in [0.1, 0.15) is 17.6 Å². The summed E-state index contributed by atoms with van der Waals surface area (Å²) in [6, 6.07) is -0.203. The first kappa shape index (κ1) is 15.1. The SMILES string of the molecule is Cc1cc(F)cc([C@H](N2CCNCC2)C(F)(F)F)c1O. The lowest BCUT2D eigenvalue weighted by atomic mass is 9.99. The quantitative estimate of drug-likeness (QED) is 0.821. The van der Waals surface area contributed by atoms with Gasteiger partial charge < -0.3 is 10.4 Å². The lowest BCUT2D eigenvalue weighted by molar-refractivity contribution is -0.188. The number of phenols is 1. The number of nitrogens with one attached hydrogen (secondary N) is 1. The fourth-order valence-electron chi connectivity index (χ4n) is 2.49. The third-order valence-corrected chi connectivity index (χ3v) is 3.42. The van der Waals surface area contributed by atoms with Crippen molar-refractivity contribution in [3.05, 3.63) is 29.1 Å². The predicted molar refractivity (Wildman–Crippen MR) is 66.0 cm³/mol. The number of aromatic hydroxyl groups is 1. The Hall–Kier alpha value is -1.34. The van der Waals surface area contributed by atoms with Gasteiger partial charge in [0.25, 0.3) is 0 Å². The summed E-state index contributed by atoms with van der Waals surface area (Å²) in [6.45, 7) is 2.63. The molecule has 0 aliphatic carbocycles. The van der Waals surface area contributed by atoms with Gasteiger partial charge in [-0.25, -0.2) is 4.39 Å². The molecule has 1 atom stereocenters. The van der Waals surface area contributed by atoms with E-state index in [2.05, 4.69) is 5.32 Å². The molecule has 0 bridgehead atoms. The zero-order valence-corrected chi connectivity index (χ0v) is 11.0. The maximum absolute atomic E-state index is 13.4. The van der Waals surface area contributed by atoms with Crippen molar-refractivity contribution in [1.82, 2.24) is 10.2 Å². The van der Waals surface area contributed by atoms with Crippen molar-refractivity contribution in [2.24, 2.45) is 0 Å². The highest BCUT2D eigenvalue weighted by molar-refractivity contribution is 5.42. The summed E-state index contributed by atoms with van der Waals surface area (Å²) >= 11 is 0. The van der Waals surface area contributed by atoms with Crippen molar-refractivity contribution in [2.45, 2.75) is 19.1 Å². The molecular weight excluding hydrogens is 276 g/mol. The van der Waals surface area contributed by atoms with E-state index in [-0.39, 0.29) is 18.7 Å². The van der Waals surface area contributed by atoms with Crippen LogP contribution in [0, 0.1) is 12.7 Å². The molecule has 7 heteroatoms. The largest absolute Gasteiger partial charge is 0.507 e. The van der Waals surface area contributed by atoms with Crippen LogP contribution in [0.1, 0.15) is 17.2 Å². The van der Waals surface area contributed by atoms with Gasteiger partial charge in [-0.3, -0.25) is 4.90 Å². The van der Waals surface area contributed by atoms with E-state index in [9.17, 15) is 22.7 Å². The zero-order valence-electron chi connectivity index (χ0n) is 11.0. The fourth-order valence-corrected chi connectivity index (χ4v) is 2.49. The molecule has 0 aromatic heterocycles. The van der Waals surface area contributed by atoms with Crippen LogP contribution in [0.4, 0.5) is 17.6 Å². The van der Waals surface area contributed by atoms with Crippen LogP contribution in [0.2, 0.25) is 0 Å². The summed E-state index contributed by atoms with van der Waals surface area (Å²) < 4.78 is 53.4. The Labute approximate surface area is 114 Å². The molecule has 2 N–H and O–H groups in total. The van der Waals surface area contributed by atoms with Crippen LogP contribution in [0.25, 0.3) is 0 Å². The minimum absolute atomic E-state index is 0.101. The average molecular weight is 292 g/mol. The van der Waals surface area contributed by atoms with Crippen LogP contribution in [-0.2, 0) is 0 Å². The van der Waals surface area contributed by atoms with Gasteiger partial charge in [-0.05, 0) is 24.6 Å². The number of benzene rings is 1. The van der Waals surface area contributed by atoms with Crippen molar-refractivity contribution < 1.29 is 22.7 Å². The lowest BCUT2D eigenvalue weighted by Gasteiger charge is -2.36. The highest BCUT2D eigenvalue weighted by atomic mass is 19.4. The van der Waals surface area contributed by atoms with E-state index in [4.69, 9.17) is 0 Å². The van der Waals surface area contributed by atoms with E-state index in [1.807, 2.05) is 0 Å². The first-order valence-electron chi connectivity index (χ1n) is 6.31. The van der Waals surface area contributed by atoms with E-state index in [1.54, 1.807) is 0 Å². The normalized spacial score (nSPS) is 19.1. The van der Waals surface area contributed by atoms with Gasteiger partial charge >= 0.3 is 6.18 Å². The molecule has 1 saturated heterocycles. The molecular formula is C13H16F4N2O. The smallest absolute Gasteiger partial charge is 0.408 e. The highest BCUT2D eigenvalue weighted by Crippen LogP contribution is 2.42. The Kier molecular flexibility index (Phi) is 4.19. The van der Waals surface area contributed by atoms with Gasteiger partial charge in [-0.15, -0.1) is 0 Å². The number of hydrogen-bond donors (Lipinski definition) is 2. The highest BCUT2D eigenvalue weighted by Gasteiger charge is 2.46. The molecule has 1 heterocycles. The summed E-state index contributed by atoms with van der Waals surface area (Å²) in [5.74, 6) is -1.27. The molecule has 0 saturated carbocycles. The van der Waals surface area contributed by atoms with E-state index in [0.717, 1.165) is 12.1 Å². The third kappa shape index (κ3) is 3.04. The summed E-state index contributed by atoms with van der Waals surface area (Å²) in [5, 5.41) is 12.8. The molecule has 2 rings (SSSR count). The van der Waals surface area contributed by atoms with Gasteiger partial charge in [0.15, 0.2) is 0 Å². The number of hydrogen-bond acceptors (Lipinski definition) is 3. The molecule has 0 amide bonds. The molecule has 1 aliphatic heterocycles. The number of rotatable bonds is 2. The average Bonchev–Trinajstić information content (AvgIpc) is 2.35. The maximum Gasteiger partial charge on any atom is 0.408 e. The lowest BCUT2D eigenvalue weighted by Crippen LogP contribution is -2.49. The van der Waals surface area contributed by atoms with Crippen molar-refractivity contribution in [3.8, 4) is 5.75 Å². The summed E-state index contributed by atoms with van der Waals surface area (Å²) in [7, 11) is 0. The molecule has 20 heavy (non-hydrogen) atoms. The van der Waals surface area contributed by atoms with E-state index in [0.29, 0.717) is 13.1 Å². The standard InChI is InChI=1S/C13H16F4N2O/c1-8-6-9(14)7-10(11(8)20)12(13(15,16)17)19-4-2-18-3-5-19/h6-7,12,18,20H,2-5H2,1H3/t12-/m0/s1. The minimum Gasteiger partial charge on any atom is -0.507 e. The van der Waals surface area contributed by atoms with Crippen LogP contribution in [0.3, 0.4) is 0 Å². The van der Waals surface area contributed by atoms with Crippen LogP contribution < -0.4 is 5.32 Å². The number of alkyl halides is 3. The van der Waals surface area contributed by atoms with Crippen LogP contribution in [-0.4, -0.2) is 42.4 Å². The van der Waals surface area contributed by atoms with Crippen LogP contribution in [0.15, 0.2) is 12.1 Å². The first-order valence-corrected chi connectivity index (χ1v) is 6.31. The Morgan fingerprint density at radius 3 is 2.40 bits per heavy atom. The van der Waals surface area contributed by atoms with Gasteiger partial charge in [-0.2, -0.15) is 13.2 Å². The monoisotopic (exact) mass is 292 g/mol. The van der Waals surface area contributed by atoms with Crippen molar-refractivity contribution >= 4 is 0 Å². The number of piperazine rings is 1. The van der Waals surface area contributed by atoms with Gasteiger partial charge in [0.2, 0.25) is 0 Å². The van der Waals surface area contributed by atoms with E-state index < -0.39 is 29.3 Å². The number of nitrogens with zero attached hydrogens (tertiary/aromatic N) is 1. The van der Waals surface area contributed by atoms with Gasteiger partial charge in [-0.1, -0.05) is 0 Å². The molecule has 1 aromatic carbocycles. The zero-order chi connectivity index (χ0) is 14.9. The Morgan fingerprint density at radius 1 is 1.25 bits per heavy atom. The molecule has 1 aromatic rings. The predicted octanol–water partition coefficient (Wildman–Crippen LogP) is 2.35. The molecule has 0 spiro atoms. The molecule has 112 valence electrons. The van der Waals surface area contributed by atoms with Crippen molar-refractivity contribution in [3.63, 3.8) is 0 Å². The molecule has 1 fully saturated rings. The molecule has 1 aliphatic rings. The van der Waals surface area contributed by atoms with Gasteiger partial charge in [0, 0.05) is 31.7 Å². The number of aryl methyl sites for hydroxylation is 1. The second-order valence-electron chi connectivity index (χ2n) is 4.89. The van der Waals surface area contributed by atoms with Gasteiger partial charge in [0.05, 0.1) is 0 Å². The summed E-state index contributed by atoms with van der Waals surface area (Å²) in [5.41, 5.74) is -0.318. The Balaban J connectivity index is 2.46. The Bertz CT molecular complexity index is 484. The number of halogens is 4. The third-order valence-electron chi connectivity index (χ3n) is 3.42. The Morgan fingerprint density at radius 2 is 1.85 bits per heavy atom. The summed E-state index contributed by atoms with van der Waals surface area (Å²) in [4.78, 5) is 1.21. The fraction of sp³-hybridized carbons (Fsp3) is 0.538. The number of phenolic OH excluding ortho intramolecular Hbond substituents is 1. The second kappa shape index (κ2) is 5.57. The van der Waals surface area contributed by atoms with Crippen LogP contribution in [0.5, 0.6) is 5.75 Å². The molecule has 0 unspecified atom stereocenters.